The van der Waals surface area contributed by atoms with Gasteiger partial charge in [0.2, 0.25) is 0 Å². The Hall–Kier alpha value is -2.67. The van der Waals surface area contributed by atoms with Crippen molar-refractivity contribution in [1.82, 2.24) is 9.55 Å². The largest absolute Gasteiger partial charge is 0.494 e. The minimum Gasteiger partial charge on any atom is -0.494 e. The lowest BCUT2D eigenvalue weighted by molar-refractivity contribution is 0.0600. The van der Waals surface area contributed by atoms with Gasteiger partial charge in [0, 0.05) is 17.8 Å². The van der Waals surface area contributed by atoms with Crippen LogP contribution in [0, 0.1) is 5.92 Å². The van der Waals surface area contributed by atoms with Crippen LogP contribution < -0.4 is 10.3 Å². The molecule has 1 aromatic carbocycles. The molecular weight excluding hydrogens is 412 g/mol. The zero-order valence-corrected chi connectivity index (χ0v) is 19.1. The van der Waals surface area contributed by atoms with Gasteiger partial charge in [0.1, 0.15) is 16.4 Å². The van der Waals surface area contributed by atoms with Crippen molar-refractivity contribution in [3.05, 3.63) is 56.4 Å². The Bertz CT molecular complexity index is 1150. The van der Waals surface area contributed by atoms with E-state index in [0.717, 1.165) is 41.7 Å². The van der Waals surface area contributed by atoms with Crippen LogP contribution in [0.3, 0.4) is 0 Å². The number of aryl methyl sites for hydroxylation is 2. The number of carbonyl (C=O) groups excluding carboxylic acids is 1. The first kappa shape index (κ1) is 21.6. The number of ether oxygens (including phenoxy) is 2. The van der Waals surface area contributed by atoms with Crippen LogP contribution >= 0.6 is 11.3 Å². The second kappa shape index (κ2) is 9.22. The van der Waals surface area contributed by atoms with Gasteiger partial charge in [0.15, 0.2) is 0 Å². The topological polar surface area (TPSA) is 70.4 Å². The second-order valence-electron chi connectivity index (χ2n) is 8.09. The lowest BCUT2D eigenvalue weighted by Gasteiger charge is -2.17. The fraction of sp³-hybridized carbons (Fsp3) is 0.458. The first-order chi connectivity index (χ1) is 15.0. The van der Waals surface area contributed by atoms with Gasteiger partial charge in [-0.3, -0.25) is 9.36 Å². The minimum absolute atomic E-state index is 0.0938. The molecule has 3 aromatic rings. The molecule has 2 aromatic heterocycles. The highest BCUT2D eigenvalue weighted by Gasteiger charge is 2.24. The Balaban J connectivity index is 1.47. The summed E-state index contributed by atoms with van der Waals surface area (Å²) < 4.78 is 12.3. The quantitative estimate of drug-likeness (QED) is 0.402. The van der Waals surface area contributed by atoms with Crippen molar-refractivity contribution >= 4 is 27.5 Å². The van der Waals surface area contributed by atoms with Crippen LogP contribution in [0.5, 0.6) is 5.75 Å². The molecule has 1 unspecified atom stereocenters. The normalized spacial score (nSPS) is 15.6. The third-order valence-corrected chi connectivity index (χ3v) is 7.03. The zero-order chi connectivity index (χ0) is 22.0. The van der Waals surface area contributed by atoms with E-state index in [9.17, 15) is 9.59 Å². The average Bonchev–Trinajstić information content (AvgIpc) is 3.15. The van der Waals surface area contributed by atoms with Crippen molar-refractivity contribution < 1.29 is 14.3 Å². The van der Waals surface area contributed by atoms with E-state index >= 15 is 0 Å². The molecule has 31 heavy (non-hydrogen) atoms. The number of hydrogen-bond donors (Lipinski definition) is 0. The van der Waals surface area contributed by atoms with E-state index in [2.05, 4.69) is 6.92 Å². The van der Waals surface area contributed by atoms with Crippen molar-refractivity contribution in [3.8, 4) is 5.75 Å². The fourth-order valence-corrected chi connectivity index (χ4v) is 5.58. The van der Waals surface area contributed by atoms with Crippen LogP contribution in [-0.4, -0.2) is 29.2 Å². The Morgan fingerprint density at radius 3 is 2.77 bits per heavy atom. The van der Waals surface area contributed by atoms with E-state index in [1.54, 1.807) is 35.6 Å². The number of carbonyl (C=O) groups is 1. The molecule has 0 spiro atoms. The number of hydrogen-bond acceptors (Lipinski definition) is 6. The molecule has 0 N–H and O–H groups in total. The van der Waals surface area contributed by atoms with Gasteiger partial charge in [-0.2, -0.15) is 0 Å². The van der Waals surface area contributed by atoms with Crippen LogP contribution in [-0.2, 0) is 30.5 Å². The zero-order valence-electron chi connectivity index (χ0n) is 18.3. The van der Waals surface area contributed by atoms with Crippen LogP contribution in [0.2, 0.25) is 0 Å². The first-order valence-electron chi connectivity index (χ1n) is 10.9. The SMILES string of the molecule is CCc1nc2sc3c(c2c(=O)n1CCCOc1ccc(C(=O)OC)cc1)CCC(C)C3. The van der Waals surface area contributed by atoms with Gasteiger partial charge >= 0.3 is 5.97 Å². The number of nitrogens with zero attached hydrogens (tertiary/aromatic N) is 2. The molecule has 0 bridgehead atoms. The number of fused-ring (bicyclic) bond motifs is 3. The van der Waals surface area contributed by atoms with E-state index in [1.807, 2.05) is 11.5 Å². The predicted octanol–water partition coefficient (Wildman–Crippen LogP) is 4.40. The van der Waals surface area contributed by atoms with Crippen LogP contribution in [0.25, 0.3) is 10.2 Å². The van der Waals surface area contributed by atoms with Gasteiger partial charge in [-0.1, -0.05) is 13.8 Å². The van der Waals surface area contributed by atoms with Crippen molar-refractivity contribution in [3.63, 3.8) is 0 Å². The van der Waals surface area contributed by atoms with Crippen LogP contribution in [0.15, 0.2) is 29.1 Å². The Labute approximate surface area is 185 Å². The molecule has 0 fully saturated rings. The molecule has 0 amide bonds. The summed E-state index contributed by atoms with van der Waals surface area (Å²) in [5.74, 6) is 1.83. The smallest absolute Gasteiger partial charge is 0.337 e. The molecule has 0 radical (unpaired) electrons. The van der Waals surface area contributed by atoms with Gasteiger partial charge in [0.25, 0.3) is 5.56 Å². The standard InChI is InChI=1S/C24H28N2O4S/c1-4-20-25-22-21(18-11-6-15(2)14-19(18)31-22)23(27)26(20)12-5-13-30-17-9-7-16(8-10-17)24(28)29-3/h7-10,15H,4-6,11-14H2,1-3H3. The maximum atomic E-state index is 13.4. The lowest BCUT2D eigenvalue weighted by atomic mass is 9.89. The molecule has 0 saturated carbocycles. The molecule has 7 heteroatoms. The molecule has 0 aliphatic heterocycles. The van der Waals surface area contributed by atoms with E-state index in [4.69, 9.17) is 14.5 Å². The van der Waals surface area contributed by atoms with Crippen LogP contribution in [0.1, 0.15) is 53.3 Å². The Kier molecular flexibility index (Phi) is 6.41. The number of thiophene rings is 1. The summed E-state index contributed by atoms with van der Waals surface area (Å²) in [6, 6.07) is 6.86. The highest BCUT2D eigenvalue weighted by molar-refractivity contribution is 7.18. The fourth-order valence-electron chi connectivity index (χ4n) is 4.18. The highest BCUT2D eigenvalue weighted by atomic mass is 32.1. The average molecular weight is 441 g/mol. The summed E-state index contributed by atoms with van der Waals surface area (Å²) in [6.07, 6.45) is 4.59. The summed E-state index contributed by atoms with van der Waals surface area (Å²) >= 11 is 1.70. The molecule has 2 heterocycles. The van der Waals surface area contributed by atoms with Gasteiger partial charge in [-0.15, -0.1) is 11.3 Å². The van der Waals surface area contributed by atoms with E-state index in [1.165, 1.54) is 17.6 Å². The van der Waals surface area contributed by atoms with Gasteiger partial charge in [-0.25, -0.2) is 9.78 Å². The third-order valence-electron chi connectivity index (χ3n) is 5.88. The predicted molar refractivity (Wildman–Crippen MR) is 122 cm³/mol. The molecule has 4 rings (SSSR count). The van der Waals surface area contributed by atoms with E-state index in [-0.39, 0.29) is 11.5 Å². The number of methoxy groups -OCH3 is 1. The van der Waals surface area contributed by atoms with Crippen molar-refractivity contribution in [2.24, 2.45) is 5.92 Å². The van der Waals surface area contributed by atoms with Crippen molar-refractivity contribution in [1.29, 1.82) is 0 Å². The number of benzene rings is 1. The summed E-state index contributed by atoms with van der Waals surface area (Å²) in [4.78, 5) is 32.0. The molecule has 6 nitrogen and oxygen atoms in total. The first-order valence-corrected chi connectivity index (χ1v) is 11.7. The van der Waals surface area contributed by atoms with Gasteiger partial charge in [-0.05, 0) is 61.4 Å². The Morgan fingerprint density at radius 2 is 2.06 bits per heavy atom. The van der Waals surface area contributed by atoms with Crippen molar-refractivity contribution in [2.45, 2.75) is 52.5 Å². The van der Waals surface area contributed by atoms with Crippen molar-refractivity contribution in [2.75, 3.05) is 13.7 Å². The molecule has 1 aliphatic carbocycles. The summed E-state index contributed by atoms with van der Waals surface area (Å²) in [5, 5.41) is 0.836. The van der Waals surface area contributed by atoms with E-state index < -0.39 is 0 Å². The number of aromatic nitrogens is 2. The van der Waals surface area contributed by atoms with Gasteiger partial charge < -0.3 is 9.47 Å². The monoisotopic (exact) mass is 440 g/mol. The molecular formula is C24H28N2O4S. The maximum absolute atomic E-state index is 13.4. The van der Waals surface area contributed by atoms with Gasteiger partial charge in [0.05, 0.1) is 24.7 Å². The molecule has 164 valence electrons. The van der Waals surface area contributed by atoms with Crippen LogP contribution in [0.4, 0.5) is 0 Å². The highest BCUT2D eigenvalue weighted by Crippen LogP contribution is 2.35. The minimum atomic E-state index is -0.369. The summed E-state index contributed by atoms with van der Waals surface area (Å²) in [5.41, 5.74) is 1.81. The third kappa shape index (κ3) is 4.37. The molecule has 0 saturated heterocycles. The summed E-state index contributed by atoms with van der Waals surface area (Å²) in [7, 11) is 1.36. The molecule has 1 aliphatic rings. The van der Waals surface area contributed by atoms with E-state index in [0.29, 0.717) is 36.8 Å². The number of esters is 1. The lowest BCUT2D eigenvalue weighted by Crippen LogP contribution is -2.26. The second-order valence-corrected chi connectivity index (χ2v) is 9.17. The maximum Gasteiger partial charge on any atom is 0.337 e. The number of rotatable bonds is 7. The summed E-state index contributed by atoms with van der Waals surface area (Å²) in [6.45, 7) is 5.37. The Morgan fingerprint density at radius 1 is 1.29 bits per heavy atom. The molecule has 1 atom stereocenters.